The van der Waals surface area contributed by atoms with E-state index in [1.54, 1.807) is 0 Å². The minimum Gasteiger partial charge on any atom is -0.313 e. The highest BCUT2D eigenvalue weighted by molar-refractivity contribution is 6.30. The molecule has 0 radical (unpaired) electrons. The van der Waals surface area contributed by atoms with Gasteiger partial charge < -0.3 is 5.32 Å². The van der Waals surface area contributed by atoms with Gasteiger partial charge in [0.2, 0.25) is 0 Å². The summed E-state index contributed by atoms with van der Waals surface area (Å²) in [5.74, 6) is 3.09. The van der Waals surface area contributed by atoms with Gasteiger partial charge in [-0.05, 0) is 86.1 Å². The van der Waals surface area contributed by atoms with E-state index in [9.17, 15) is 0 Å². The first-order valence-corrected chi connectivity index (χ1v) is 8.18. The van der Waals surface area contributed by atoms with Gasteiger partial charge in [0.1, 0.15) is 0 Å². The largest absolute Gasteiger partial charge is 0.313 e. The van der Waals surface area contributed by atoms with E-state index in [2.05, 4.69) is 17.4 Å². The number of benzene rings is 1. The second-order valence-electron chi connectivity index (χ2n) is 6.77. The van der Waals surface area contributed by atoms with Crippen LogP contribution in [0.1, 0.15) is 36.8 Å². The van der Waals surface area contributed by atoms with Crippen molar-refractivity contribution in [2.45, 2.75) is 44.6 Å². The minimum atomic E-state index is 0.647. The molecule has 102 valence electrons. The monoisotopic (exact) mass is 275 g/mol. The summed E-state index contributed by atoms with van der Waals surface area (Å²) < 4.78 is 0. The molecule has 0 amide bonds. The first-order valence-electron chi connectivity index (χ1n) is 7.80. The normalized spacial score (nSPS) is 25.9. The molecular formula is C17H22ClN. The van der Waals surface area contributed by atoms with Crippen molar-refractivity contribution in [1.29, 1.82) is 0 Å². The maximum Gasteiger partial charge on any atom is 0.0408 e. The summed E-state index contributed by atoms with van der Waals surface area (Å²) in [5, 5.41) is 4.73. The number of hydrogen-bond donors (Lipinski definition) is 1. The second kappa shape index (κ2) is 4.79. The summed E-state index contributed by atoms with van der Waals surface area (Å²) in [4.78, 5) is 0. The molecule has 0 saturated heterocycles. The lowest BCUT2D eigenvalue weighted by Crippen LogP contribution is -2.35. The number of rotatable bonds is 5. The van der Waals surface area contributed by atoms with E-state index >= 15 is 0 Å². The minimum absolute atomic E-state index is 0.647. The number of nitrogens with one attached hydrogen (secondary N) is 1. The molecule has 2 heteroatoms. The molecule has 2 saturated carbocycles. The van der Waals surface area contributed by atoms with Crippen molar-refractivity contribution in [3.63, 3.8) is 0 Å². The molecule has 1 N–H and O–H groups in total. The van der Waals surface area contributed by atoms with Crippen LogP contribution in [0.4, 0.5) is 0 Å². The van der Waals surface area contributed by atoms with Crippen molar-refractivity contribution in [3.05, 3.63) is 34.3 Å². The Morgan fingerprint density at radius 1 is 1.05 bits per heavy atom. The van der Waals surface area contributed by atoms with E-state index in [1.165, 1.54) is 49.8 Å². The molecule has 4 rings (SSSR count). The van der Waals surface area contributed by atoms with Crippen molar-refractivity contribution < 1.29 is 0 Å². The van der Waals surface area contributed by atoms with E-state index in [0.29, 0.717) is 6.04 Å². The Bertz CT molecular complexity index is 464. The highest BCUT2D eigenvalue weighted by Crippen LogP contribution is 2.48. The average molecular weight is 276 g/mol. The summed E-state index contributed by atoms with van der Waals surface area (Å²) in [6, 6.07) is 7.03. The van der Waals surface area contributed by atoms with Crippen LogP contribution in [0.2, 0.25) is 5.02 Å². The molecule has 3 aliphatic carbocycles. The van der Waals surface area contributed by atoms with Gasteiger partial charge in [0, 0.05) is 11.1 Å². The zero-order chi connectivity index (χ0) is 12.8. The fourth-order valence-electron chi connectivity index (χ4n) is 3.80. The molecule has 0 bridgehead atoms. The molecule has 1 unspecified atom stereocenters. The third-order valence-electron chi connectivity index (χ3n) is 5.20. The molecule has 0 aromatic heterocycles. The predicted octanol–water partition coefficient (Wildman–Crippen LogP) is 3.83. The number of hydrogen-bond acceptors (Lipinski definition) is 1. The Morgan fingerprint density at radius 2 is 1.74 bits per heavy atom. The van der Waals surface area contributed by atoms with Crippen molar-refractivity contribution in [3.8, 4) is 0 Å². The Morgan fingerprint density at radius 3 is 2.42 bits per heavy atom. The smallest absolute Gasteiger partial charge is 0.0408 e. The molecule has 3 aliphatic rings. The molecule has 19 heavy (non-hydrogen) atoms. The molecule has 2 fully saturated rings. The van der Waals surface area contributed by atoms with E-state index in [0.717, 1.165) is 29.2 Å². The molecule has 0 spiro atoms. The first kappa shape index (κ1) is 12.2. The Labute approximate surface area is 120 Å². The summed E-state index contributed by atoms with van der Waals surface area (Å²) in [5.41, 5.74) is 2.95. The lowest BCUT2D eigenvalue weighted by Gasteiger charge is -2.19. The quantitative estimate of drug-likeness (QED) is 0.861. The fourth-order valence-corrected chi connectivity index (χ4v) is 4.00. The molecule has 1 atom stereocenters. The predicted molar refractivity (Wildman–Crippen MR) is 79.6 cm³/mol. The van der Waals surface area contributed by atoms with Gasteiger partial charge in [0.25, 0.3) is 0 Å². The SMILES string of the molecule is Clc1ccc2c(c1)CC(NCC(C1CC1)C1CC1)C2. The van der Waals surface area contributed by atoms with Crippen molar-refractivity contribution in [2.75, 3.05) is 6.54 Å². The van der Waals surface area contributed by atoms with Crippen LogP contribution in [0.25, 0.3) is 0 Å². The average Bonchev–Trinajstić information content (AvgIpc) is 3.28. The van der Waals surface area contributed by atoms with Crippen LogP contribution >= 0.6 is 11.6 Å². The van der Waals surface area contributed by atoms with Crippen LogP contribution in [0.5, 0.6) is 0 Å². The highest BCUT2D eigenvalue weighted by atomic mass is 35.5. The maximum atomic E-state index is 6.08. The van der Waals surface area contributed by atoms with Gasteiger partial charge in [-0.1, -0.05) is 17.7 Å². The zero-order valence-corrected chi connectivity index (χ0v) is 12.1. The van der Waals surface area contributed by atoms with Gasteiger partial charge in [-0.25, -0.2) is 0 Å². The lowest BCUT2D eigenvalue weighted by atomic mass is 9.97. The van der Waals surface area contributed by atoms with Gasteiger partial charge in [0.15, 0.2) is 0 Å². The lowest BCUT2D eigenvalue weighted by molar-refractivity contribution is 0.356. The summed E-state index contributed by atoms with van der Waals surface area (Å²) in [6.45, 7) is 1.25. The van der Waals surface area contributed by atoms with Crippen LogP contribution in [0.15, 0.2) is 18.2 Å². The molecule has 1 nitrogen and oxygen atoms in total. The van der Waals surface area contributed by atoms with Crippen LogP contribution < -0.4 is 5.32 Å². The van der Waals surface area contributed by atoms with Crippen LogP contribution in [-0.2, 0) is 12.8 Å². The van der Waals surface area contributed by atoms with E-state index in [4.69, 9.17) is 11.6 Å². The van der Waals surface area contributed by atoms with Crippen LogP contribution in [-0.4, -0.2) is 12.6 Å². The molecule has 1 aromatic carbocycles. The van der Waals surface area contributed by atoms with Crippen molar-refractivity contribution in [2.24, 2.45) is 17.8 Å². The van der Waals surface area contributed by atoms with E-state index < -0.39 is 0 Å². The summed E-state index contributed by atoms with van der Waals surface area (Å²) in [7, 11) is 0. The Balaban J connectivity index is 1.35. The molecule has 0 heterocycles. The number of halogens is 1. The standard InChI is InChI=1S/C17H22ClN/c18-15-6-5-13-8-16(9-14(13)7-15)19-10-17(11-1-2-11)12-3-4-12/h5-7,11-12,16-17,19H,1-4,8-10H2. The summed E-state index contributed by atoms with van der Waals surface area (Å²) in [6.07, 6.45) is 8.31. The number of fused-ring (bicyclic) bond motifs is 1. The van der Waals surface area contributed by atoms with Crippen molar-refractivity contribution in [1.82, 2.24) is 5.32 Å². The first-order chi connectivity index (χ1) is 9.29. The Kier molecular flexibility index (Phi) is 3.08. The third kappa shape index (κ3) is 2.68. The molecule has 0 aliphatic heterocycles. The molecular weight excluding hydrogens is 254 g/mol. The molecule has 1 aromatic rings. The van der Waals surface area contributed by atoms with Gasteiger partial charge in [0.05, 0.1) is 0 Å². The van der Waals surface area contributed by atoms with Gasteiger partial charge in [-0.2, -0.15) is 0 Å². The zero-order valence-electron chi connectivity index (χ0n) is 11.4. The maximum absolute atomic E-state index is 6.08. The third-order valence-corrected chi connectivity index (χ3v) is 5.43. The van der Waals surface area contributed by atoms with Gasteiger partial charge >= 0.3 is 0 Å². The van der Waals surface area contributed by atoms with Gasteiger partial charge in [-0.15, -0.1) is 0 Å². The fraction of sp³-hybridized carbons (Fsp3) is 0.647. The second-order valence-corrected chi connectivity index (χ2v) is 7.20. The van der Waals surface area contributed by atoms with E-state index in [1.807, 2.05) is 6.07 Å². The summed E-state index contributed by atoms with van der Waals surface area (Å²) >= 11 is 6.08. The van der Waals surface area contributed by atoms with Crippen LogP contribution in [0.3, 0.4) is 0 Å². The highest BCUT2D eigenvalue weighted by Gasteiger charge is 2.41. The van der Waals surface area contributed by atoms with Crippen LogP contribution in [0, 0.1) is 17.8 Å². The van der Waals surface area contributed by atoms with E-state index in [-0.39, 0.29) is 0 Å². The van der Waals surface area contributed by atoms with Gasteiger partial charge in [-0.3, -0.25) is 0 Å². The topological polar surface area (TPSA) is 12.0 Å². The van der Waals surface area contributed by atoms with Crippen molar-refractivity contribution >= 4 is 11.6 Å². The Hall–Kier alpha value is -0.530.